The zero-order valence-corrected chi connectivity index (χ0v) is 19.2. The second-order valence-corrected chi connectivity index (χ2v) is 9.41. The van der Waals surface area contributed by atoms with E-state index in [0.717, 1.165) is 30.9 Å². The molecule has 2 aromatic rings. The van der Waals surface area contributed by atoms with Crippen molar-refractivity contribution < 1.29 is 0 Å². The Kier molecular flexibility index (Phi) is 7.35. The van der Waals surface area contributed by atoms with Gasteiger partial charge in [-0.1, -0.05) is 72.1 Å². The van der Waals surface area contributed by atoms with Gasteiger partial charge in [0.05, 0.1) is 0 Å². The van der Waals surface area contributed by atoms with Crippen LogP contribution in [0.2, 0.25) is 0 Å². The number of hydrogen-bond acceptors (Lipinski definition) is 2. The summed E-state index contributed by atoms with van der Waals surface area (Å²) in [6.45, 7) is 23.4. The molecule has 0 aliphatic rings. The first-order valence-corrected chi connectivity index (χ1v) is 10.6. The zero-order chi connectivity index (χ0) is 21.7. The molecule has 2 nitrogen and oxygen atoms in total. The Balaban J connectivity index is 2.05. The Morgan fingerprint density at radius 3 is 2.07 bits per heavy atom. The molecule has 29 heavy (non-hydrogen) atoms. The lowest BCUT2D eigenvalue weighted by atomic mass is 9.73. The summed E-state index contributed by atoms with van der Waals surface area (Å²) in [4.78, 5) is 0. The molecule has 2 rings (SSSR count). The van der Waals surface area contributed by atoms with Crippen molar-refractivity contribution in [2.24, 2.45) is 5.41 Å². The number of rotatable bonds is 9. The molecule has 0 saturated carbocycles. The predicted molar refractivity (Wildman–Crippen MR) is 131 cm³/mol. The molecule has 2 aromatic carbocycles. The molecule has 0 heterocycles. The molecule has 1 atom stereocenters. The standard InChI is InChI=1S/C27H38N2/c1-9-22-17-23(12-11-20(22)3)27(8,10-2)21(4)18-28-24-13-15-25(16-14-24)29-19-26(5,6)7/h9,11-17,28-29H,1,4,10,18-19H2,2-3,5-8H3. The van der Waals surface area contributed by atoms with Gasteiger partial charge in [0.25, 0.3) is 0 Å². The van der Waals surface area contributed by atoms with Crippen molar-refractivity contribution in [2.75, 3.05) is 23.7 Å². The van der Waals surface area contributed by atoms with E-state index in [0.29, 0.717) is 0 Å². The molecule has 0 spiro atoms. The van der Waals surface area contributed by atoms with Gasteiger partial charge in [-0.2, -0.15) is 0 Å². The molecule has 0 radical (unpaired) electrons. The van der Waals surface area contributed by atoms with Gasteiger partial charge in [0.2, 0.25) is 0 Å². The summed E-state index contributed by atoms with van der Waals surface area (Å²) in [6.07, 6.45) is 2.94. The second-order valence-electron chi connectivity index (χ2n) is 9.41. The van der Waals surface area contributed by atoms with E-state index in [1.54, 1.807) is 0 Å². The van der Waals surface area contributed by atoms with Crippen LogP contribution in [0.25, 0.3) is 6.08 Å². The molecular formula is C27H38N2. The van der Waals surface area contributed by atoms with E-state index in [2.05, 4.69) is 108 Å². The van der Waals surface area contributed by atoms with Crippen molar-refractivity contribution in [1.29, 1.82) is 0 Å². The van der Waals surface area contributed by atoms with Crippen LogP contribution in [0, 0.1) is 12.3 Å². The first-order chi connectivity index (χ1) is 13.6. The normalized spacial score (nSPS) is 13.4. The lowest BCUT2D eigenvalue weighted by Gasteiger charge is -2.32. The fourth-order valence-electron chi connectivity index (χ4n) is 3.34. The zero-order valence-electron chi connectivity index (χ0n) is 19.2. The van der Waals surface area contributed by atoms with Crippen LogP contribution in [-0.4, -0.2) is 13.1 Å². The molecule has 2 N–H and O–H groups in total. The quantitative estimate of drug-likeness (QED) is 0.435. The van der Waals surface area contributed by atoms with Crippen molar-refractivity contribution in [3.05, 3.63) is 77.9 Å². The van der Waals surface area contributed by atoms with Crippen molar-refractivity contribution in [1.82, 2.24) is 0 Å². The van der Waals surface area contributed by atoms with E-state index < -0.39 is 0 Å². The maximum atomic E-state index is 4.44. The molecule has 0 aliphatic heterocycles. The SMILES string of the molecule is C=Cc1cc(C(C)(CC)C(=C)CNc2ccc(NCC(C)(C)C)cc2)ccc1C. The first-order valence-electron chi connectivity index (χ1n) is 10.6. The van der Waals surface area contributed by atoms with Gasteiger partial charge in [0.15, 0.2) is 0 Å². The van der Waals surface area contributed by atoms with E-state index >= 15 is 0 Å². The minimum Gasteiger partial charge on any atom is -0.385 e. The topological polar surface area (TPSA) is 24.1 Å². The Bertz CT molecular complexity index is 840. The summed E-state index contributed by atoms with van der Waals surface area (Å²) in [5.74, 6) is 0. The second kappa shape index (κ2) is 9.35. The van der Waals surface area contributed by atoms with Gasteiger partial charge in [0.1, 0.15) is 0 Å². The number of anilines is 2. The average molecular weight is 391 g/mol. The van der Waals surface area contributed by atoms with Gasteiger partial charge in [0, 0.05) is 29.9 Å². The summed E-state index contributed by atoms with van der Waals surface area (Å²) in [7, 11) is 0. The molecule has 156 valence electrons. The third kappa shape index (κ3) is 6.00. The van der Waals surface area contributed by atoms with Gasteiger partial charge in [-0.15, -0.1) is 0 Å². The summed E-state index contributed by atoms with van der Waals surface area (Å²) < 4.78 is 0. The molecule has 0 bridgehead atoms. The van der Waals surface area contributed by atoms with Gasteiger partial charge >= 0.3 is 0 Å². The van der Waals surface area contributed by atoms with E-state index in [-0.39, 0.29) is 10.8 Å². The molecule has 2 heteroatoms. The fourth-order valence-corrected chi connectivity index (χ4v) is 3.34. The Hall–Kier alpha value is -2.48. The van der Waals surface area contributed by atoms with Gasteiger partial charge < -0.3 is 10.6 Å². The van der Waals surface area contributed by atoms with E-state index in [9.17, 15) is 0 Å². The smallest absolute Gasteiger partial charge is 0.0366 e. The average Bonchev–Trinajstić information content (AvgIpc) is 2.70. The third-order valence-electron chi connectivity index (χ3n) is 5.84. The largest absolute Gasteiger partial charge is 0.385 e. The summed E-state index contributed by atoms with van der Waals surface area (Å²) in [5, 5.41) is 7.04. The molecule has 0 saturated heterocycles. The molecule has 0 fully saturated rings. The molecule has 0 amide bonds. The minimum absolute atomic E-state index is 0.0767. The van der Waals surface area contributed by atoms with Crippen LogP contribution in [0.3, 0.4) is 0 Å². The first kappa shape index (κ1) is 22.8. The highest BCUT2D eigenvalue weighted by atomic mass is 14.9. The molecule has 0 aromatic heterocycles. The predicted octanol–water partition coefficient (Wildman–Crippen LogP) is 7.43. The Labute approximate surface area is 178 Å². The van der Waals surface area contributed by atoms with Crippen LogP contribution >= 0.6 is 0 Å². The lowest BCUT2D eigenvalue weighted by molar-refractivity contribution is 0.443. The number of aryl methyl sites for hydroxylation is 1. The number of hydrogen-bond donors (Lipinski definition) is 2. The van der Waals surface area contributed by atoms with Crippen LogP contribution in [0.5, 0.6) is 0 Å². The lowest BCUT2D eigenvalue weighted by Crippen LogP contribution is -2.27. The van der Waals surface area contributed by atoms with E-state index in [4.69, 9.17) is 0 Å². The van der Waals surface area contributed by atoms with Crippen molar-refractivity contribution in [3.8, 4) is 0 Å². The maximum absolute atomic E-state index is 4.44. The van der Waals surface area contributed by atoms with Crippen molar-refractivity contribution in [3.63, 3.8) is 0 Å². The fraction of sp³-hybridized carbons (Fsp3) is 0.407. The van der Waals surface area contributed by atoms with Crippen molar-refractivity contribution >= 4 is 17.5 Å². The van der Waals surface area contributed by atoms with Gasteiger partial charge in [-0.3, -0.25) is 0 Å². The highest BCUT2D eigenvalue weighted by Crippen LogP contribution is 2.35. The molecule has 0 aliphatic carbocycles. The van der Waals surface area contributed by atoms with E-state index in [1.165, 1.54) is 22.3 Å². The van der Waals surface area contributed by atoms with Gasteiger partial charge in [-0.05, 0) is 65.3 Å². The number of benzene rings is 2. The molecule has 1 unspecified atom stereocenters. The monoisotopic (exact) mass is 390 g/mol. The Morgan fingerprint density at radius 1 is 0.966 bits per heavy atom. The number of nitrogens with one attached hydrogen (secondary N) is 2. The van der Waals surface area contributed by atoms with Crippen LogP contribution in [0.15, 0.2) is 61.2 Å². The maximum Gasteiger partial charge on any atom is 0.0366 e. The van der Waals surface area contributed by atoms with E-state index in [1.807, 2.05) is 6.08 Å². The van der Waals surface area contributed by atoms with Crippen molar-refractivity contribution in [2.45, 2.75) is 53.4 Å². The highest BCUT2D eigenvalue weighted by Gasteiger charge is 2.28. The van der Waals surface area contributed by atoms with Crippen LogP contribution in [-0.2, 0) is 5.41 Å². The molecular weight excluding hydrogens is 352 g/mol. The van der Waals surface area contributed by atoms with Crippen LogP contribution < -0.4 is 10.6 Å². The van der Waals surface area contributed by atoms with Crippen LogP contribution in [0.1, 0.15) is 57.7 Å². The summed E-state index contributed by atoms with van der Waals surface area (Å²) in [6, 6.07) is 15.2. The summed E-state index contributed by atoms with van der Waals surface area (Å²) in [5.41, 5.74) is 7.39. The Morgan fingerprint density at radius 2 is 1.55 bits per heavy atom. The minimum atomic E-state index is -0.0767. The van der Waals surface area contributed by atoms with Gasteiger partial charge in [-0.25, -0.2) is 0 Å². The summed E-state index contributed by atoms with van der Waals surface area (Å²) >= 11 is 0. The van der Waals surface area contributed by atoms with Crippen LogP contribution in [0.4, 0.5) is 11.4 Å². The third-order valence-corrected chi connectivity index (χ3v) is 5.84. The highest BCUT2D eigenvalue weighted by molar-refractivity contribution is 5.56.